The normalized spacial score (nSPS) is 22.7. The van der Waals surface area contributed by atoms with Crippen molar-refractivity contribution in [1.82, 2.24) is 9.97 Å². The Hall–Kier alpha value is -2.29. The molecule has 0 bridgehead atoms. The van der Waals surface area contributed by atoms with Gasteiger partial charge in [0.25, 0.3) is 0 Å². The molecule has 2 heterocycles. The number of nitro groups is 1. The lowest BCUT2D eigenvalue weighted by Gasteiger charge is -2.14. The predicted octanol–water partition coefficient (Wildman–Crippen LogP) is -0.104. The fourth-order valence-electron chi connectivity index (χ4n) is 1.60. The first-order valence-corrected chi connectivity index (χ1v) is 5.11. The maximum absolute atomic E-state index is 10.9. The number of carbonyl (C=O) groups is 1. The average molecular weight is 254 g/mol. The summed E-state index contributed by atoms with van der Waals surface area (Å²) >= 11 is 0. The Bertz CT molecular complexity index is 463. The van der Waals surface area contributed by atoms with Crippen LogP contribution in [0.25, 0.3) is 0 Å². The molecule has 0 amide bonds. The van der Waals surface area contributed by atoms with E-state index in [9.17, 15) is 14.9 Å². The minimum Gasteiger partial charge on any atom is -0.481 e. The number of nitrogens with zero attached hydrogens (tertiary/aromatic N) is 3. The number of hydrogen-bond donors (Lipinski definition) is 2. The van der Waals surface area contributed by atoms with Crippen molar-refractivity contribution < 1.29 is 19.6 Å². The maximum atomic E-state index is 10.9. The molecule has 1 aliphatic heterocycles. The Morgan fingerprint density at radius 3 is 2.72 bits per heavy atom. The number of hydrogen-bond acceptors (Lipinski definition) is 7. The van der Waals surface area contributed by atoms with Crippen LogP contribution in [0.4, 0.5) is 11.6 Å². The van der Waals surface area contributed by atoms with Crippen molar-refractivity contribution in [2.75, 3.05) is 18.5 Å². The van der Waals surface area contributed by atoms with Crippen LogP contribution in [-0.2, 0) is 9.53 Å². The molecule has 18 heavy (non-hydrogen) atoms. The zero-order valence-corrected chi connectivity index (χ0v) is 9.15. The maximum Gasteiger partial charge on any atom is 0.311 e. The highest BCUT2D eigenvalue weighted by Gasteiger charge is 2.34. The third-order valence-electron chi connectivity index (χ3n) is 2.56. The highest BCUT2D eigenvalue weighted by atomic mass is 16.6. The highest BCUT2D eigenvalue weighted by Crippen LogP contribution is 2.18. The number of rotatable bonds is 4. The Kier molecular flexibility index (Phi) is 3.33. The van der Waals surface area contributed by atoms with Crippen molar-refractivity contribution in [3.05, 3.63) is 22.5 Å². The Morgan fingerprint density at radius 1 is 1.50 bits per heavy atom. The predicted molar refractivity (Wildman–Crippen MR) is 58.0 cm³/mol. The minimum atomic E-state index is -0.966. The molecule has 9 heteroatoms. The van der Waals surface area contributed by atoms with E-state index in [0.29, 0.717) is 0 Å². The van der Waals surface area contributed by atoms with Gasteiger partial charge in [0.15, 0.2) is 0 Å². The van der Waals surface area contributed by atoms with Gasteiger partial charge in [-0.1, -0.05) is 0 Å². The van der Waals surface area contributed by atoms with Crippen LogP contribution in [0.3, 0.4) is 0 Å². The van der Waals surface area contributed by atoms with Crippen LogP contribution in [0.5, 0.6) is 0 Å². The van der Waals surface area contributed by atoms with Crippen molar-refractivity contribution in [1.29, 1.82) is 0 Å². The van der Waals surface area contributed by atoms with Crippen LogP contribution in [0, 0.1) is 16.0 Å². The van der Waals surface area contributed by atoms with Gasteiger partial charge in [-0.3, -0.25) is 14.9 Å². The van der Waals surface area contributed by atoms with Crippen molar-refractivity contribution >= 4 is 17.6 Å². The summed E-state index contributed by atoms with van der Waals surface area (Å²) in [5, 5.41) is 22.1. The molecule has 2 rings (SSSR count). The second-order valence-electron chi connectivity index (χ2n) is 3.75. The molecule has 2 atom stereocenters. The fourth-order valence-corrected chi connectivity index (χ4v) is 1.60. The van der Waals surface area contributed by atoms with Crippen LogP contribution in [-0.4, -0.2) is 45.2 Å². The smallest absolute Gasteiger partial charge is 0.311 e. The lowest BCUT2D eigenvalue weighted by atomic mass is 10.0. The monoisotopic (exact) mass is 254 g/mol. The zero-order valence-electron chi connectivity index (χ0n) is 9.15. The summed E-state index contributed by atoms with van der Waals surface area (Å²) in [7, 11) is 0. The first kappa shape index (κ1) is 12.2. The molecule has 1 aromatic heterocycles. The molecule has 9 nitrogen and oxygen atoms in total. The topological polar surface area (TPSA) is 127 Å². The Balaban J connectivity index is 2.05. The number of ether oxygens (including phenoxy) is 1. The first-order chi connectivity index (χ1) is 8.58. The Morgan fingerprint density at radius 2 is 2.17 bits per heavy atom. The molecule has 1 fully saturated rings. The van der Waals surface area contributed by atoms with E-state index in [1.807, 2.05) is 0 Å². The molecular formula is C9H10N4O5. The molecular weight excluding hydrogens is 244 g/mol. The fraction of sp³-hybridized carbons (Fsp3) is 0.444. The summed E-state index contributed by atoms with van der Waals surface area (Å²) in [4.78, 5) is 28.2. The van der Waals surface area contributed by atoms with Gasteiger partial charge in [-0.2, -0.15) is 0 Å². The van der Waals surface area contributed by atoms with Gasteiger partial charge in [0.2, 0.25) is 5.95 Å². The summed E-state index contributed by atoms with van der Waals surface area (Å²) < 4.78 is 5.06. The lowest BCUT2D eigenvalue weighted by Crippen LogP contribution is -2.33. The van der Waals surface area contributed by atoms with Gasteiger partial charge in [-0.15, -0.1) is 0 Å². The SMILES string of the molecule is O=C(O)C1COCC1Nc1ncc([N+](=O)[O-])cn1. The van der Waals surface area contributed by atoms with E-state index in [0.717, 1.165) is 12.4 Å². The highest BCUT2D eigenvalue weighted by molar-refractivity contribution is 5.72. The minimum absolute atomic E-state index is 0.125. The molecule has 0 aromatic carbocycles. The molecule has 1 aromatic rings. The molecule has 2 N–H and O–H groups in total. The van der Waals surface area contributed by atoms with Gasteiger partial charge in [-0.25, -0.2) is 9.97 Å². The van der Waals surface area contributed by atoms with Crippen molar-refractivity contribution in [3.8, 4) is 0 Å². The number of carboxylic acid groups (broad SMARTS) is 1. The van der Waals surface area contributed by atoms with Crippen molar-refractivity contribution in [2.24, 2.45) is 5.92 Å². The second kappa shape index (κ2) is 4.92. The van der Waals surface area contributed by atoms with Crippen LogP contribution in [0.15, 0.2) is 12.4 Å². The number of nitrogens with one attached hydrogen (secondary N) is 1. The molecule has 0 saturated carbocycles. The molecule has 1 saturated heterocycles. The summed E-state index contributed by atoms with van der Waals surface area (Å²) in [6.07, 6.45) is 2.11. The largest absolute Gasteiger partial charge is 0.481 e. The van der Waals surface area contributed by atoms with E-state index in [1.54, 1.807) is 0 Å². The van der Waals surface area contributed by atoms with Crippen LogP contribution >= 0.6 is 0 Å². The van der Waals surface area contributed by atoms with E-state index in [2.05, 4.69) is 15.3 Å². The Labute approximate surface area is 101 Å². The van der Waals surface area contributed by atoms with Crippen LogP contribution in [0.1, 0.15) is 0 Å². The molecule has 0 aliphatic carbocycles. The van der Waals surface area contributed by atoms with Crippen LogP contribution < -0.4 is 5.32 Å². The van der Waals surface area contributed by atoms with Gasteiger partial charge in [0.05, 0.1) is 24.2 Å². The summed E-state index contributed by atoms with van der Waals surface area (Å²) in [6.45, 7) is 0.358. The van der Waals surface area contributed by atoms with Crippen molar-refractivity contribution in [3.63, 3.8) is 0 Å². The molecule has 2 unspecified atom stereocenters. The number of carboxylic acids is 1. The average Bonchev–Trinajstić information content (AvgIpc) is 2.78. The molecule has 96 valence electrons. The van der Waals surface area contributed by atoms with Gasteiger partial charge in [-0.05, 0) is 0 Å². The van der Waals surface area contributed by atoms with Gasteiger partial charge in [0.1, 0.15) is 18.3 Å². The van der Waals surface area contributed by atoms with Crippen molar-refractivity contribution in [2.45, 2.75) is 6.04 Å². The molecule has 0 radical (unpaired) electrons. The van der Waals surface area contributed by atoms with E-state index < -0.39 is 22.9 Å². The molecule has 0 spiro atoms. The van der Waals surface area contributed by atoms with Gasteiger partial charge >= 0.3 is 11.7 Å². The zero-order chi connectivity index (χ0) is 13.1. The number of aromatic nitrogens is 2. The molecule has 1 aliphatic rings. The number of anilines is 1. The second-order valence-corrected chi connectivity index (χ2v) is 3.75. The lowest BCUT2D eigenvalue weighted by molar-refractivity contribution is -0.385. The first-order valence-electron chi connectivity index (χ1n) is 5.11. The van der Waals surface area contributed by atoms with E-state index in [1.165, 1.54) is 0 Å². The number of aliphatic carboxylic acids is 1. The van der Waals surface area contributed by atoms with E-state index in [4.69, 9.17) is 9.84 Å². The van der Waals surface area contributed by atoms with E-state index >= 15 is 0 Å². The quantitative estimate of drug-likeness (QED) is 0.563. The summed E-state index contributed by atoms with van der Waals surface area (Å²) in [5.74, 6) is -1.50. The summed E-state index contributed by atoms with van der Waals surface area (Å²) in [5.41, 5.74) is -0.224. The third kappa shape index (κ3) is 2.51. The van der Waals surface area contributed by atoms with Gasteiger partial charge in [0, 0.05) is 0 Å². The summed E-state index contributed by atoms with van der Waals surface area (Å²) in [6, 6.07) is -0.441. The third-order valence-corrected chi connectivity index (χ3v) is 2.56. The van der Waals surface area contributed by atoms with Crippen LogP contribution in [0.2, 0.25) is 0 Å². The van der Waals surface area contributed by atoms with E-state index in [-0.39, 0.29) is 24.8 Å². The standard InChI is InChI=1S/C9H10N4O5/c14-8(15)6-3-18-4-7(6)12-9-10-1-5(2-11-9)13(16)17/h1-2,6-7H,3-4H2,(H,14,15)(H,10,11,12). The van der Waals surface area contributed by atoms with Gasteiger partial charge < -0.3 is 15.2 Å².